The Hall–Kier alpha value is -1.29. The molecule has 1 aliphatic heterocycles. The lowest BCUT2D eigenvalue weighted by molar-refractivity contribution is -0.144. The van der Waals surface area contributed by atoms with E-state index >= 15 is 0 Å². The summed E-state index contributed by atoms with van der Waals surface area (Å²) in [4.78, 5) is 22.1. The third-order valence-electron chi connectivity index (χ3n) is 4.03. The molecule has 0 aromatic carbocycles. The van der Waals surface area contributed by atoms with Crippen LogP contribution in [0.2, 0.25) is 6.32 Å². The number of nitrogens with two attached hydrogens (primary N) is 2. The Balaban J connectivity index is 2.81. The molecule has 0 aromatic heterocycles. The van der Waals surface area contributed by atoms with E-state index in [0.717, 1.165) is 4.31 Å². The quantitative estimate of drug-likeness (QED) is 0.205. The fourth-order valence-corrected chi connectivity index (χ4v) is 3.71. The Kier molecular flexibility index (Phi) is 7.31. The maximum atomic E-state index is 12.1. The van der Waals surface area contributed by atoms with Gasteiger partial charge in [-0.05, 0) is 12.7 Å². The zero-order valence-electron chi connectivity index (χ0n) is 13.3. The van der Waals surface area contributed by atoms with Gasteiger partial charge in [0.2, 0.25) is 0 Å². The average molecular weight is 383 g/mol. The summed E-state index contributed by atoms with van der Waals surface area (Å²) in [5.74, 6) is -3.63. The molecule has 1 heterocycles. The van der Waals surface area contributed by atoms with Gasteiger partial charge in [0, 0.05) is 19.0 Å². The van der Waals surface area contributed by atoms with Crippen molar-refractivity contribution in [2.45, 2.75) is 30.7 Å². The molecule has 144 valence electrons. The Labute approximate surface area is 144 Å². The van der Waals surface area contributed by atoms with Gasteiger partial charge in [-0.15, -0.1) is 0 Å². The molecule has 0 aromatic rings. The van der Waals surface area contributed by atoms with Gasteiger partial charge in [0.1, 0.15) is 11.6 Å². The van der Waals surface area contributed by atoms with Gasteiger partial charge in [-0.25, -0.2) is 0 Å². The number of rotatable bonds is 10. The number of carboxylic acid groups (broad SMARTS) is 2. The van der Waals surface area contributed by atoms with Crippen molar-refractivity contribution in [2.24, 2.45) is 17.4 Å². The predicted molar refractivity (Wildman–Crippen MR) is 84.3 cm³/mol. The maximum absolute atomic E-state index is 12.1. The molecule has 0 bridgehead atoms. The number of aliphatic carboxylic acids is 2. The second-order valence-electron chi connectivity index (χ2n) is 5.93. The normalized spacial score (nSPS) is 25.7. The molecule has 0 unspecified atom stereocenters. The Morgan fingerprint density at radius 1 is 1.36 bits per heavy atom. The molecule has 14 heteroatoms. The highest BCUT2D eigenvalue weighted by molar-refractivity contribution is 7.84. The van der Waals surface area contributed by atoms with E-state index in [0.29, 0.717) is 0 Å². The lowest BCUT2D eigenvalue weighted by Crippen LogP contribution is -2.55. The molecular formula is C11H22BN3O9S. The average Bonchev–Trinajstić information content (AvgIpc) is 2.84. The highest BCUT2D eigenvalue weighted by Gasteiger charge is 2.52. The number of hydrogen-bond donors (Lipinski definition) is 6. The van der Waals surface area contributed by atoms with Gasteiger partial charge < -0.3 is 31.7 Å². The van der Waals surface area contributed by atoms with Crippen molar-refractivity contribution in [2.75, 3.05) is 19.7 Å². The molecule has 25 heavy (non-hydrogen) atoms. The monoisotopic (exact) mass is 383 g/mol. The molecule has 3 atom stereocenters. The molecule has 12 nitrogen and oxygen atoms in total. The first kappa shape index (κ1) is 21.8. The van der Waals surface area contributed by atoms with E-state index in [9.17, 15) is 23.1 Å². The van der Waals surface area contributed by atoms with E-state index in [1.165, 1.54) is 0 Å². The summed E-state index contributed by atoms with van der Waals surface area (Å²) in [6, 6.07) is -1.55. The number of carbonyl (C=O) groups is 2. The van der Waals surface area contributed by atoms with E-state index in [1.54, 1.807) is 0 Å². The predicted octanol–water partition coefficient (Wildman–Crippen LogP) is -3.37. The van der Waals surface area contributed by atoms with Crippen LogP contribution >= 0.6 is 0 Å². The fraction of sp³-hybridized carbons (Fsp3) is 0.818. The van der Waals surface area contributed by atoms with Crippen LogP contribution in [-0.2, 0) is 24.1 Å². The van der Waals surface area contributed by atoms with Crippen molar-refractivity contribution in [3.05, 3.63) is 0 Å². The van der Waals surface area contributed by atoms with Crippen molar-refractivity contribution in [1.29, 1.82) is 0 Å². The zero-order valence-corrected chi connectivity index (χ0v) is 14.1. The first-order chi connectivity index (χ1) is 11.4. The Bertz CT molecular complexity index is 602. The highest BCUT2D eigenvalue weighted by atomic mass is 32.2. The summed E-state index contributed by atoms with van der Waals surface area (Å²) in [5.41, 5.74) is 9.15. The second-order valence-corrected chi connectivity index (χ2v) is 7.54. The SMILES string of the molecule is N[C@H](COS(=O)(=O)N1C[C@H](CCCB(O)O)[C@](N)(C(=O)O)C1)C(=O)O. The second kappa shape index (κ2) is 8.40. The lowest BCUT2D eigenvalue weighted by atomic mass is 9.78. The summed E-state index contributed by atoms with van der Waals surface area (Å²) in [6.45, 7) is -1.62. The third-order valence-corrected chi connectivity index (χ3v) is 5.38. The smallest absolute Gasteiger partial charge is 0.451 e. The van der Waals surface area contributed by atoms with Crippen LogP contribution < -0.4 is 11.5 Å². The lowest BCUT2D eigenvalue weighted by Gasteiger charge is -2.25. The van der Waals surface area contributed by atoms with Crippen LogP contribution in [0.1, 0.15) is 12.8 Å². The number of hydrogen-bond acceptors (Lipinski definition) is 9. The van der Waals surface area contributed by atoms with Crippen molar-refractivity contribution in [3.8, 4) is 0 Å². The van der Waals surface area contributed by atoms with Crippen LogP contribution in [-0.4, -0.2) is 83.3 Å². The third kappa shape index (κ3) is 5.60. The van der Waals surface area contributed by atoms with Gasteiger partial charge in [-0.1, -0.05) is 6.42 Å². The van der Waals surface area contributed by atoms with E-state index in [-0.39, 0.29) is 25.7 Å². The number of nitrogens with zero attached hydrogens (tertiary/aromatic N) is 1. The molecule has 8 N–H and O–H groups in total. The Morgan fingerprint density at radius 3 is 2.44 bits per heavy atom. The van der Waals surface area contributed by atoms with E-state index in [1.807, 2.05) is 0 Å². The minimum Gasteiger partial charge on any atom is -0.480 e. The van der Waals surface area contributed by atoms with Crippen LogP contribution in [0.5, 0.6) is 0 Å². The molecule has 0 aliphatic carbocycles. The van der Waals surface area contributed by atoms with Gasteiger partial charge >= 0.3 is 29.4 Å². The summed E-state index contributed by atoms with van der Waals surface area (Å²) < 4.78 is 29.5. The first-order valence-corrected chi connectivity index (χ1v) is 8.78. The summed E-state index contributed by atoms with van der Waals surface area (Å²) in [5, 5.41) is 35.6. The van der Waals surface area contributed by atoms with Crippen LogP contribution in [0.15, 0.2) is 0 Å². The molecule has 0 saturated carbocycles. The summed E-state index contributed by atoms with van der Waals surface area (Å²) in [7, 11) is -5.98. The molecular weight excluding hydrogens is 361 g/mol. The van der Waals surface area contributed by atoms with Gasteiger partial charge in [0.05, 0.1) is 6.61 Å². The van der Waals surface area contributed by atoms with Crippen molar-refractivity contribution >= 4 is 29.4 Å². The largest absolute Gasteiger partial charge is 0.480 e. The topological polar surface area (TPSA) is 214 Å². The minimum atomic E-state index is -4.42. The molecule has 1 fully saturated rings. The molecule has 0 spiro atoms. The molecule has 1 saturated heterocycles. The van der Waals surface area contributed by atoms with Gasteiger partial charge in [0.15, 0.2) is 0 Å². The van der Waals surface area contributed by atoms with E-state index in [2.05, 4.69) is 4.18 Å². The fourth-order valence-electron chi connectivity index (χ4n) is 2.51. The molecule has 1 rings (SSSR count). The van der Waals surface area contributed by atoms with Crippen LogP contribution in [0.4, 0.5) is 0 Å². The highest BCUT2D eigenvalue weighted by Crippen LogP contribution is 2.32. The van der Waals surface area contributed by atoms with Crippen molar-refractivity contribution in [1.82, 2.24) is 4.31 Å². The zero-order chi connectivity index (χ0) is 19.4. The van der Waals surface area contributed by atoms with Crippen molar-refractivity contribution < 1.29 is 42.5 Å². The number of carboxylic acids is 2. The Morgan fingerprint density at radius 2 is 1.96 bits per heavy atom. The standard InChI is InChI=1S/C11H22BN3O9S/c13-8(9(16)17)5-24-25(22,23)15-4-7(2-1-3-12(20)21)11(14,6-15)10(18)19/h7-8,20-21H,1-6,13-14H2,(H,16,17)(H,18,19)/t7-,8+,11-/m0/s1. The first-order valence-electron chi connectivity index (χ1n) is 7.41. The van der Waals surface area contributed by atoms with E-state index in [4.69, 9.17) is 26.6 Å². The van der Waals surface area contributed by atoms with Crippen LogP contribution in [0, 0.1) is 5.92 Å². The summed E-state index contributed by atoms with van der Waals surface area (Å²) >= 11 is 0. The van der Waals surface area contributed by atoms with Crippen LogP contribution in [0.25, 0.3) is 0 Å². The van der Waals surface area contributed by atoms with Gasteiger partial charge in [-0.2, -0.15) is 12.7 Å². The van der Waals surface area contributed by atoms with Gasteiger partial charge in [-0.3, -0.25) is 13.8 Å². The van der Waals surface area contributed by atoms with Gasteiger partial charge in [0.25, 0.3) is 0 Å². The molecule has 1 aliphatic rings. The molecule has 0 radical (unpaired) electrons. The molecule has 0 amide bonds. The maximum Gasteiger partial charge on any atom is 0.451 e. The summed E-state index contributed by atoms with van der Waals surface area (Å²) in [6.07, 6.45) is 0.372. The van der Waals surface area contributed by atoms with Crippen LogP contribution in [0.3, 0.4) is 0 Å². The minimum absolute atomic E-state index is 0.0110. The van der Waals surface area contributed by atoms with E-state index < -0.39 is 60.0 Å². The van der Waals surface area contributed by atoms with Crippen molar-refractivity contribution in [3.63, 3.8) is 0 Å².